The van der Waals surface area contributed by atoms with E-state index in [-0.39, 0.29) is 0 Å². The van der Waals surface area contributed by atoms with Gasteiger partial charge in [-0.3, -0.25) is 9.67 Å². The Labute approximate surface area is 107 Å². The minimum Gasteiger partial charge on any atom is -0.386 e. The molecule has 0 aromatic carbocycles. The predicted molar refractivity (Wildman–Crippen MR) is 70.2 cm³/mol. The van der Waals surface area contributed by atoms with Crippen molar-refractivity contribution in [1.82, 2.24) is 14.8 Å². The van der Waals surface area contributed by atoms with Gasteiger partial charge < -0.3 is 5.11 Å². The lowest BCUT2D eigenvalue weighted by atomic mass is 10.1. The Bertz CT molecular complexity index is 497. The van der Waals surface area contributed by atoms with Crippen molar-refractivity contribution in [3.8, 4) is 0 Å². The summed E-state index contributed by atoms with van der Waals surface area (Å²) in [5.74, 6) is 0. The first-order valence-corrected chi connectivity index (χ1v) is 6.22. The highest BCUT2D eigenvalue weighted by Crippen LogP contribution is 2.17. The molecule has 4 heteroatoms. The standard InChI is InChI=1S/C14H19N3O/c1-4-11-5-6-12(15-9-11)8-14(18)13-7-10(2)17(3)16-13/h5-7,9,14,18H,4,8H2,1-3H3. The van der Waals surface area contributed by atoms with Crippen molar-refractivity contribution in [1.29, 1.82) is 0 Å². The van der Waals surface area contributed by atoms with E-state index in [1.807, 2.05) is 32.3 Å². The third-order valence-electron chi connectivity index (χ3n) is 3.17. The number of aliphatic hydroxyl groups is 1. The van der Waals surface area contributed by atoms with E-state index >= 15 is 0 Å². The number of aromatic nitrogens is 3. The van der Waals surface area contributed by atoms with Crippen LogP contribution in [0.3, 0.4) is 0 Å². The summed E-state index contributed by atoms with van der Waals surface area (Å²) in [6.45, 7) is 4.07. The van der Waals surface area contributed by atoms with Crippen LogP contribution in [0.25, 0.3) is 0 Å². The van der Waals surface area contributed by atoms with Crippen molar-refractivity contribution >= 4 is 0 Å². The summed E-state index contributed by atoms with van der Waals surface area (Å²) >= 11 is 0. The lowest BCUT2D eigenvalue weighted by molar-refractivity contribution is 0.171. The van der Waals surface area contributed by atoms with E-state index < -0.39 is 6.10 Å². The Kier molecular flexibility index (Phi) is 3.77. The Morgan fingerprint density at radius 3 is 2.67 bits per heavy atom. The van der Waals surface area contributed by atoms with Crippen LogP contribution in [-0.2, 0) is 19.9 Å². The van der Waals surface area contributed by atoms with Crippen molar-refractivity contribution in [2.45, 2.75) is 32.8 Å². The van der Waals surface area contributed by atoms with Crippen molar-refractivity contribution < 1.29 is 5.11 Å². The van der Waals surface area contributed by atoms with Gasteiger partial charge in [-0.2, -0.15) is 5.10 Å². The van der Waals surface area contributed by atoms with E-state index in [1.165, 1.54) is 5.56 Å². The van der Waals surface area contributed by atoms with Gasteiger partial charge in [-0.15, -0.1) is 0 Å². The van der Waals surface area contributed by atoms with Crippen molar-refractivity contribution in [2.75, 3.05) is 0 Å². The molecule has 4 nitrogen and oxygen atoms in total. The number of hydrogen-bond donors (Lipinski definition) is 1. The van der Waals surface area contributed by atoms with E-state index in [2.05, 4.69) is 23.1 Å². The molecule has 0 radical (unpaired) electrons. The van der Waals surface area contributed by atoms with Gasteiger partial charge in [0, 0.05) is 31.1 Å². The third-order valence-corrected chi connectivity index (χ3v) is 3.17. The number of aryl methyl sites for hydroxylation is 3. The van der Waals surface area contributed by atoms with Crippen molar-refractivity contribution in [3.05, 3.63) is 47.0 Å². The third kappa shape index (κ3) is 2.76. The molecule has 0 aliphatic carbocycles. The molecular weight excluding hydrogens is 226 g/mol. The summed E-state index contributed by atoms with van der Waals surface area (Å²) in [4.78, 5) is 4.35. The van der Waals surface area contributed by atoms with Crippen LogP contribution in [0.15, 0.2) is 24.4 Å². The second-order valence-electron chi connectivity index (χ2n) is 4.57. The van der Waals surface area contributed by atoms with Crippen LogP contribution in [0.4, 0.5) is 0 Å². The fraction of sp³-hybridized carbons (Fsp3) is 0.429. The molecule has 2 heterocycles. The summed E-state index contributed by atoms with van der Waals surface area (Å²) in [5.41, 5.74) is 3.85. The predicted octanol–water partition coefficient (Wildman–Crippen LogP) is 1.96. The largest absolute Gasteiger partial charge is 0.386 e. The van der Waals surface area contributed by atoms with Crippen molar-refractivity contribution in [3.63, 3.8) is 0 Å². The van der Waals surface area contributed by atoms with E-state index in [1.54, 1.807) is 4.68 Å². The van der Waals surface area contributed by atoms with Crippen molar-refractivity contribution in [2.24, 2.45) is 7.05 Å². The number of nitrogens with zero attached hydrogens (tertiary/aromatic N) is 3. The highest BCUT2D eigenvalue weighted by Gasteiger charge is 2.13. The second kappa shape index (κ2) is 5.31. The molecule has 2 rings (SSSR count). The van der Waals surface area contributed by atoms with Gasteiger partial charge in [-0.05, 0) is 31.0 Å². The molecule has 1 unspecified atom stereocenters. The lowest BCUT2D eigenvalue weighted by Gasteiger charge is -2.07. The zero-order valence-electron chi connectivity index (χ0n) is 11.1. The monoisotopic (exact) mass is 245 g/mol. The van der Waals surface area contributed by atoms with Gasteiger partial charge in [-0.25, -0.2) is 0 Å². The summed E-state index contributed by atoms with van der Waals surface area (Å²) in [6.07, 6.45) is 2.76. The zero-order chi connectivity index (χ0) is 13.1. The molecule has 0 aliphatic rings. The number of rotatable bonds is 4. The Hall–Kier alpha value is -1.68. The summed E-state index contributed by atoms with van der Waals surface area (Å²) in [6, 6.07) is 5.93. The van der Waals surface area contributed by atoms with E-state index in [9.17, 15) is 5.11 Å². The van der Waals surface area contributed by atoms with Crippen LogP contribution in [0, 0.1) is 6.92 Å². The smallest absolute Gasteiger partial charge is 0.103 e. The maximum absolute atomic E-state index is 10.1. The highest BCUT2D eigenvalue weighted by atomic mass is 16.3. The molecule has 0 amide bonds. The zero-order valence-corrected chi connectivity index (χ0v) is 11.1. The topological polar surface area (TPSA) is 50.9 Å². The van der Waals surface area contributed by atoms with Gasteiger partial charge in [0.15, 0.2) is 0 Å². The first-order valence-electron chi connectivity index (χ1n) is 6.22. The van der Waals surface area contributed by atoms with Crippen LogP contribution < -0.4 is 0 Å². The summed E-state index contributed by atoms with van der Waals surface area (Å²) in [5, 5.41) is 14.4. The lowest BCUT2D eigenvalue weighted by Crippen LogP contribution is -2.05. The normalized spacial score (nSPS) is 12.7. The molecule has 2 aromatic heterocycles. The van der Waals surface area contributed by atoms with Crippen LogP contribution >= 0.6 is 0 Å². The maximum Gasteiger partial charge on any atom is 0.103 e. The van der Waals surface area contributed by atoms with Gasteiger partial charge >= 0.3 is 0 Å². The van der Waals surface area contributed by atoms with Crippen LogP contribution in [0.2, 0.25) is 0 Å². The minimum absolute atomic E-state index is 0.500. The van der Waals surface area contributed by atoms with Crippen LogP contribution in [-0.4, -0.2) is 19.9 Å². The summed E-state index contributed by atoms with van der Waals surface area (Å²) in [7, 11) is 1.87. The fourth-order valence-electron chi connectivity index (χ4n) is 1.84. The Balaban J connectivity index is 2.08. The maximum atomic E-state index is 10.1. The molecule has 0 saturated carbocycles. The number of aliphatic hydroxyl groups excluding tert-OH is 1. The SMILES string of the molecule is CCc1ccc(CC(O)c2cc(C)n(C)n2)nc1. The Morgan fingerprint density at radius 1 is 1.39 bits per heavy atom. The molecular formula is C14H19N3O. The molecule has 0 saturated heterocycles. The first-order chi connectivity index (χ1) is 8.60. The molecule has 1 atom stereocenters. The average Bonchev–Trinajstić information content (AvgIpc) is 2.71. The van der Waals surface area contributed by atoms with E-state index in [0.29, 0.717) is 12.1 Å². The minimum atomic E-state index is -0.593. The molecule has 2 aromatic rings. The quantitative estimate of drug-likeness (QED) is 0.896. The molecule has 1 N–H and O–H groups in total. The highest BCUT2D eigenvalue weighted by molar-refractivity contribution is 5.17. The second-order valence-corrected chi connectivity index (χ2v) is 4.57. The Morgan fingerprint density at radius 2 is 2.17 bits per heavy atom. The molecule has 0 bridgehead atoms. The molecule has 0 fully saturated rings. The fourth-order valence-corrected chi connectivity index (χ4v) is 1.84. The number of hydrogen-bond acceptors (Lipinski definition) is 3. The molecule has 0 aliphatic heterocycles. The van der Waals surface area contributed by atoms with Gasteiger partial charge in [0.05, 0.1) is 5.69 Å². The first kappa shape index (κ1) is 12.8. The molecule has 0 spiro atoms. The van der Waals surface area contributed by atoms with Gasteiger partial charge in [-0.1, -0.05) is 13.0 Å². The van der Waals surface area contributed by atoms with Crippen LogP contribution in [0.1, 0.15) is 35.7 Å². The van der Waals surface area contributed by atoms with Gasteiger partial charge in [0.2, 0.25) is 0 Å². The molecule has 18 heavy (non-hydrogen) atoms. The van der Waals surface area contributed by atoms with Gasteiger partial charge in [0.25, 0.3) is 0 Å². The number of pyridine rings is 1. The van der Waals surface area contributed by atoms with Crippen LogP contribution in [0.5, 0.6) is 0 Å². The van der Waals surface area contributed by atoms with E-state index in [0.717, 1.165) is 17.8 Å². The molecule has 96 valence electrons. The summed E-state index contributed by atoms with van der Waals surface area (Å²) < 4.78 is 1.77. The average molecular weight is 245 g/mol. The van der Waals surface area contributed by atoms with E-state index in [4.69, 9.17) is 0 Å². The van der Waals surface area contributed by atoms with Gasteiger partial charge in [0.1, 0.15) is 6.10 Å².